The van der Waals surface area contributed by atoms with Crippen LogP contribution in [0, 0.1) is 0 Å². The van der Waals surface area contributed by atoms with Crippen molar-refractivity contribution >= 4 is 34.9 Å². The maximum Gasteiger partial charge on any atom is 0.191 e. The monoisotopic (exact) mass is 404 g/mol. The van der Waals surface area contributed by atoms with Gasteiger partial charge in [0.2, 0.25) is 0 Å². The summed E-state index contributed by atoms with van der Waals surface area (Å²) in [6.45, 7) is 5.88. The first-order valence-corrected chi connectivity index (χ1v) is 11.4. The number of pyridine rings is 1. The van der Waals surface area contributed by atoms with E-state index < -0.39 is 0 Å². The summed E-state index contributed by atoms with van der Waals surface area (Å²) in [7, 11) is 0. The molecule has 3 heterocycles. The third kappa shape index (κ3) is 6.70. The summed E-state index contributed by atoms with van der Waals surface area (Å²) >= 11 is 3.51. The zero-order chi connectivity index (χ0) is 18.7. The van der Waals surface area contributed by atoms with Gasteiger partial charge in [0.1, 0.15) is 10.2 Å². The quantitative estimate of drug-likeness (QED) is 0.305. The molecule has 0 unspecified atom stereocenters. The highest BCUT2D eigenvalue weighted by Crippen LogP contribution is 2.20. The molecule has 1 aliphatic rings. The van der Waals surface area contributed by atoms with Crippen molar-refractivity contribution in [3.8, 4) is 0 Å². The average molecular weight is 405 g/mol. The van der Waals surface area contributed by atoms with Gasteiger partial charge in [-0.05, 0) is 38.3 Å². The maximum atomic E-state index is 4.74. The second kappa shape index (κ2) is 11.1. The first-order valence-electron chi connectivity index (χ1n) is 9.58. The van der Waals surface area contributed by atoms with Crippen LogP contribution in [0.3, 0.4) is 0 Å². The number of rotatable bonds is 8. The van der Waals surface area contributed by atoms with Crippen LogP contribution in [0.4, 0.5) is 5.82 Å². The molecule has 27 heavy (non-hydrogen) atoms. The van der Waals surface area contributed by atoms with E-state index in [-0.39, 0.29) is 0 Å². The molecule has 0 aromatic carbocycles. The molecule has 0 spiro atoms. The molecule has 2 aromatic heterocycles. The highest BCUT2D eigenvalue weighted by Gasteiger charge is 2.20. The van der Waals surface area contributed by atoms with Crippen molar-refractivity contribution in [3.05, 3.63) is 36.0 Å². The highest BCUT2D eigenvalue weighted by atomic mass is 32.2. The third-order valence-electron chi connectivity index (χ3n) is 4.36. The van der Waals surface area contributed by atoms with E-state index >= 15 is 0 Å². The lowest BCUT2D eigenvalue weighted by Crippen LogP contribution is -2.49. The Morgan fingerprint density at radius 3 is 2.89 bits per heavy atom. The zero-order valence-corrected chi connectivity index (χ0v) is 17.4. The lowest BCUT2D eigenvalue weighted by Gasteiger charge is -2.33. The van der Waals surface area contributed by atoms with Crippen LogP contribution in [0.15, 0.2) is 45.3 Å². The predicted octanol–water partition coefficient (Wildman–Crippen LogP) is 3.24. The van der Waals surface area contributed by atoms with Crippen molar-refractivity contribution in [2.75, 3.05) is 36.8 Å². The zero-order valence-electron chi connectivity index (χ0n) is 15.8. The van der Waals surface area contributed by atoms with Crippen molar-refractivity contribution in [1.29, 1.82) is 0 Å². The topological polar surface area (TPSA) is 65.4 Å². The standard InChI is InChI=1S/C19H28N6S2/c1-2-20-18(22-10-5-14-26-19-23-11-15-27-19)24-16-7-12-25(13-8-16)17-6-3-4-9-21-17/h3-4,6,9,11,15-16H,2,5,7-8,10,12-14H2,1H3,(H2,20,22,24). The molecule has 0 saturated carbocycles. The molecular formula is C19H28N6S2. The Morgan fingerprint density at radius 1 is 1.30 bits per heavy atom. The van der Waals surface area contributed by atoms with Crippen LogP contribution in [0.25, 0.3) is 0 Å². The molecule has 2 aromatic rings. The Kier molecular flexibility index (Phi) is 8.23. The van der Waals surface area contributed by atoms with E-state index in [1.165, 1.54) is 0 Å². The van der Waals surface area contributed by atoms with Gasteiger partial charge in [-0.2, -0.15) is 0 Å². The lowest BCUT2D eigenvalue weighted by atomic mass is 10.1. The summed E-state index contributed by atoms with van der Waals surface area (Å²) in [5.41, 5.74) is 0. The number of thiazole rings is 1. The fraction of sp³-hybridized carbons (Fsp3) is 0.526. The van der Waals surface area contributed by atoms with E-state index in [4.69, 9.17) is 4.99 Å². The van der Waals surface area contributed by atoms with Gasteiger partial charge in [0.05, 0.1) is 0 Å². The van der Waals surface area contributed by atoms with Crippen molar-refractivity contribution in [2.45, 2.75) is 36.6 Å². The van der Waals surface area contributed by atoms with Crippen LogP contribution < -0.4 is 15.5 Å². The first-order chi connectivity index (χ1) is 13.3. The molecule has 0 atom stereocenters. The van der Waals surface area contributed by atoms with Gasteiger partial charge < -0.3 is 15.5 Å². The van der Waals surface area contributed by atoms with Gasteiger partial charge in [-0.3, -0.25) is 4.99 Å². The van der Waals surface area contributed by atoms with E-state index in [1.807, 2.05) is 35.6 Å². The fourth-order valence-corrected chi connectivity index (χ4v) is 4.64. The van der Waals surface area contributed by atoms with Crippen molar-refractivity contribution in [3.63, 3.8) is 0 Å². The SMILES string of the molecule is CCNC(=NCCCSc1nccs1)NC1CCN(c2ccccn2)CC1. The number of nitrogens with zero attached hydrogens (tertiary/aromatic N) is 4. The van der Waals surface area contributed by atoms with Crippen molar-refractivity contribution in [1.82, 2.24) is 20.6 Å². The number of thioether (sulfide) groups is 1. The Morgan fingerprint density at radius 2 is 2.19 bits per heavy atom. The van der Waals surface area contributed by atoms with E-state index in [0.29, 0.717) is 6.04 Å². The van der Waals surface area contributed by atoms with Crippen molar-refractivity contribution < 1.29 is 0 Å². The molecule has 2 N–H and O–H groups in total. The van der Waals surface area contributed by atoms with Crippen molar-refractivity contribution in [2.24, 2.45) is 4.99 Å². The number of guanidine groups is 1. The fourth-order valence-electron chi connectivity index (χ4n) is 3.00. The van der Waals surface area contributed by atoms with Gasteiger partial charge >= 0.3 is 0 Å². The summed E-state index contributed by atoms with van der Waals surface area (Å²) in [4.78, 5) is 15.9. The molecule has 0 bridgehead atoms. The van der Waals surface area contributed by atoms with Gasteiger partial charge in [0.25, 0.3) is 0 Å². The third-order valence-corrected chi connectivity index (χ3v) is 6.41. The molecular weight excluding hydrogens is 376 g/mol. The molecule has 0 radical (unpaired) electrons. The second-order valence-corrected chi connectivity index (χ2v) is 8.59. The largest absolute Gasteiger partial charge is 0.357 e. The Bertz CT molecular complexity index is 669. The molecule has 1 saturated heterocycles. The van der Waals surface area contributed by atoms with Crippen LogP contribution in [-0.4, -0.2) is 53.9 Å². The summed E-state index contributed by atoms with van der Waals surface area (Å²) in [5.74, 6) is 3.07. The molecule has 3 rings (SSSR count). The Labute approximate surface area is 169 Å². The lowest BCUT2D eigenvalue weighted by molar-refractivity contribution is 0.459. The molecule has 6 nitrogen and oxygen atoms in total. The minimum absolute atomic E-state index is 0.465. The smallest absolute Gasteiger partial charge is 0.191 e. The second-order valence-electron chi connectivity index (χ2n) is 6.35. The van der Waals surface area contributed by atoms with Gasteiger partial charge in [-0.15, -0.1) is 11.3 Å². The van der Waals surface area contributed by atoms with E-state index in [0.717, 1.165) is 67.3 Å². The van der Waals surface area contributed by atoms with Crippen LogP contribution in [0.2, 0.25) is 0 Å². The number of aliphatic imine (C=N–C) groups is 1. The minimum atomic E-state index is 0.465. The molecule has 0 amide bonds. The van der Waals surface area contributed by atoms with Crippen LogP contribution >= 0.6 is 23.1 Å². The van der Waals surface area contributed by atoms with Crippen LogP contribution in [-0.2, 0) is 0 Å². The number of hydrogen-bond donors (Lipinski definition) is 2. The first kappa shape index (κ1) is 19.9. The van der Waals surface area contributed by atoms with Crippen LogP contribution in [0.1, 0.15) is 26.2 Å². The summed E-state index contributed by atoms with van der Waals surface area (Å²) in [5, 5.41) is 9.00. The number of hydrogen-bond acceptors (Lipinski definition) is 6. The number of anilines is 1. The van der Waals surface area contributed by atoms with Crippen LogP contribution in [0.5, 0.6) is 0 Å². The highest BCUT2D eigenvalue weighted by molar-refractivity contribution is 8.00. The van der Waals surface area contributed by atoms with Gasteiger partial charge in [-0.1, -0.05) is 17.8 Å². The van der Waals surface area contributed by atoms with Gasteiger partial charge in [0.15, 0.2) is 5.96 Å². The summed E-state index contributed by atoms with van der Waals surface area (Å²) < 4.78 is 1.14. The molecule has 8 heteroatoms. The normalized spacial score (nSPS) is 15.7. The van der Waals surface area contributed by atoms with Gasteiger partial charge in [-0.25, -0.2) is 9.97 Å². The maximum absolute atomic E-state index is 4.74. The molecule has 1 aliphatic heterocycles. The molecule has 1 fully saturated rings. The molecule has 0 aliphatic carbocycles. The summed E-state index contributed by atoms with van der Waals surface area (Å²) in [6, 6.07) is 6.57. The molecule has 146 valence electrons. The van der Waals surface area contributed by atoms with E-state index in [1.54, 1.807) is 11.3 Å². The summed E-state index contributed by atoms with van der Waals surface area (Å²) in [6.07, 6.45) is 6.97. The Hall–Kier alpha value is -1.80. The van der Waals surface area contributed by atoms with E-state index in [2.05, 4.69) is 44.6 Å². The minimum Gasteiger partial charge on any atom is -0.357 e. The number of nitrogens with one attached hydrogen (secondary N) is 2. The predicted molar refractivity (Wildman–Crippen MR) is 116 cm³/mol. The average Bonchev–Trinajstić information content (AvgIpc) is 3.23. The Balaban J connectivity index is 1.39. The van der Waals surface area contributed by atoms with E-state index in [9.17, 15) is 0 Å². The number of aromatic nitrogens is 2. The van der Waals surface area contributed by atoms with Gasteiger partial charge in [0, 0.05) is 55.7 Å². The number of piperidine rings is 1.